The summed E-state index contributed by atoms with van der Waals surface area (Å²) in [5, 5.41) is 8.68. The molecule has 88 valence electrons. The second kappa shape index (κ2) is 4.37. The highest BCUT2D eigenvalue weighted by molar-refractivity contribution is 5.75. The summed E-state index contributed by atoms with van der Waals surface area (Å²) in [6.07, 6.45) is -0.0760. The van der Waals surface area contributed by atoms with Crippen LogP contribution < -0.4 is 5.56 Å². The Morgan fingerprint density at radius 2 is 2.12 bits per heavy atom. The van der Waals surface area contributed by atoms with E-state index in [9.17, 15) is 9.59 Å². The number of aryl methyl sites for hydroxylation is 2. The van der Waals surface area contributed by atoms with E-state index in [1.54, 1.807) is 25.1 Å². The first-order valence-corrected chi connectivity index (χ1v) is 5.27. The van der Waals surface area contributed by atoms with Crippen LogP contribution in [0.15, 0.2) is 29.1 Å². The zero-order valence-corrected chi connectivity index (χ0v) is 9.38. The summed E-state index contributed by atoms with van der Waals surface area (Å²) in [6.45, 7) is 1.80. The smallest absolute Gasteiger partial charge is 0.305 e. The Kier molecular flexibility index (Phi) is 2.91. The number of aromatic nitrogens is 2. The molecule has 0 atom stereocenters. The van der Waals surface area contributed by atoms with E-state index >= 15 is 0 Å². The molecule has 0 spiro atoms. The van der Waals surface area contributed by atoms with Gasteiger partial charge in [-0.2, -0.15) is 0 Å². The molecule has 0 amide bonds. The van der Waals surface area contributed by atoms with Gasteiger partial charge in [-0.15, -0.1) is 0 Å². The molecule has 0 saturated carbocycles. The van der Waals surface area contributed by atoms with Crippen LogP contribution in [-0.2, 0) is 11.3 Å². The van der Waals surface area contributed by atoms with Gasteiger partial charge in [-0.25, -0.2) is 4.98 Å². The Hall–Kier alpha value is -2.17. The van der Waals surface area contributed by atoms with Crippen LogP contribution in [0.1, 0.15) is 12.1 Å². The van der Waals surface area contributed by atoms with Crippen molar-refractivity contribution in [2.24, 2.45) is 0 Å². The predicted molar refractivity (Wildman–Crippen MR) is 63.0 cm³/mol. The minimum absolute atomic E-state index is 0.0760. The molecule has 1 N–H and O–H groups in total. The molecule has 0 saturated heterocycles. The molecule has 2 rings (SSSR count). The lowest BCUT2D eigenvalue weighted by atomic mass is 10.2. The Labute approximate surface area is 97.3 Å². The monoisotopic (exact) mass is 232 g/mol. The van der Waals surface area contributed by atoms with Gasteiger partial charge in [0, 0.05) is 6.54 Å². The summed E-state index contributed by atoms with van der Waals surface area (Å²) in [5.74, 6) is -0.921. The number of para-hydroxylation sites is 2. The third-order valence-electron chi connectivity index (χ3n) is 2.56. The van der Waals surface area contributed by atoms with Crippen molar-refractivity contribution < 1.29 is 9.90 Å². The highest BCUT2D eigenvalue weighted by Gasteiger charge is 2.08. The van der Waals surface area contributed by atoms with Gasteiger partial charge in [0.1, 0.15) is 5.69 Å². The highest BCUT2D eigenvalue weighted by Crippen LogP contribution is 2.09. The SMILES string of the molecule is Cc1nc2ccccc2n(CCC(=O)O)c1=O. The maximum absolute atomic E-state index is 11.9. The van der Waals surface area contributed by atoms with Crippen LogP contribution in [0, 0.1) is 6.92 Å². The minimum atomic E-state index is -0.921. The van der Waals surface area contributed by atoms with E-state index in [4.69, 9.17) is 5.11 Å². The summed E-state index contributed by atoms with van der Waals surface area (Å²) < 4.78 is 1.46. The second-order valence-corrected chi connectivity index (χ2v) is 3.79. The van der Waals surface area contributed by atoms with Gasteiger partial charge in [-0.05, 0) is 19.1 Å². The lowest BCUT2D eigenvalue weighted by Gasteiger charge is -2.09. The molecule has 1 aromatic heterocycles. The normalized spacial score (nSPS) is 10.6. The van der Waals surface area contributed by atoms with Gasteiger partial charge in [-0.1, -0.05) is 12.1 Å². The summed E-state index contributed by atoms with van der Waals surface area (Å²) in [6, 6.07) is 7.21. The molecule has 0 unspecified atom stereocenters. The fourth-order valence-electron chi connectivity index (χ4n) is 1.75. The van der Waals surface area contributed by atoms with Gasteiger partial charge in [0.25, 0.3) is 5.56 Å². The van der Waals surface area contributed by atoms with Crippen LogP contribution in [0.4, 0.5) is 0 Å². The van der Waals surface area contributed by atoms with Crippen molar-refractivity contribution in [3.05, 3.63) is 40.3 Å². The maximum atomic E-state index is 11.9. The number of rotatable bonds is 3. The quantitative estimate of drug-likeness (QED) is 0.862. The van der Waals surface area contributed by atoms with Crippen LogP contribution in [0.25, 0.3) is 11.0 Å². The molecular weight excluding hydrogens is 220 g/mol. The van der Waals surface area contributed by atoms with Crippen LogP contribution in [0.5, 0.6) is 0 Å². The summed E-state index contributed by atoms with van der Waals surface area (Å²) in [5.41, 5.74) is 1.53. The lowest BCUT2D eigenvalue weighted by molar-refractivity contribution is -0.137. The zero-order chi connectivity index (χ0) is 12.4. The van der Waals surface area contributed by atoms with Crippen molar-refractivity contribution in [3.8, 4) is 0 Å². The van der Waals surface area contributed by atoms with Crippen LogP contribution in [-0.4, -0.2) is 20.6 Å². The number of fused-ring (bicyclic) bond motifs is 1. The van der Waals surface area contributed by atoms with E-state index in [1.807, 2.05) is 6.07 Å². The summed E-state index contributed by atoms with van der Waals surface area (Å²) >= 11 is 0. The molecule has 1 heterocycles. The fraction of sp³-hybridized carbons (Fsp3) is 0.250. The number of benzene rings is 1. The molecule has 0 aliphatic heterocycles. The molecule has 0 aliphatic rings. The number of hydrogen-bond donors (Lipinski definition) is 1. The maximum Gasteiger partial charge on any atom is 0.305 e. The Bertz CT molecular complexity index is 631. The Balaban J connectivity index is 2.61. The number of carboxylic acids is 1. The molecule has 17 heavy (non-hydrogen) atoms. The van der Waals surface area contributed by atoms with Gasteiger partial charge in [0.2, 0.25) is 0 Å². The first-order valence-electron chi connectivity index (χ1n) is 5.27. The predicted octanol–water partition coefficient (Wildman–Crippen LogP) is 1.18. The molecule has 0 bridgehead atoms. The number of carbonyl (C=O) groups is 1. The van der Waals surface area contributed by atoms with Gasteiger partial charge in [0.05, 0.1) is 17.5 Å². The van der Waals surface area contributed by atoms with Gasteiger partial charge in [-0.3, -0.25) is 9.59 Å². The van der Waals surface area contributed by atoms with Crippen LogP contribution in [0.3, 0.4) is 0 Å². The molecular formula is C12H12N2O3. The number of hydrogen-bond acceptors (Lipinski definition) is 3. The highest BCUT2D eigenvalue weighted by atomic mass is 16.4. The Morgan fingerprint density at radius 3 is 2.82 bits per heavy atom. The topological polar surface area (TPSA) is 72.2 Å². The van der Waals surface area contributed by atoms with E-state index < -0.39 is 5.97 Å². The molecule has 2 aromatic rings. The van der Waals surface area contributed by atoms with Gasteiger partial charge in [0.15, 0.2) is 0 Å². The van der Waals surface area contributed by atoms with Crippen molar-refractivity contribution in [2.45, 2.75) is 19.9 Å². The molecule has 0 fully saturated rings. The standard InChI is InChI=1S/C12H12N2O3/c1-8-12(17)14(7-6-11(15)16)10-5-3-2-4-9(10)13-8/h2-5H,6-7H2,1H3,(H,15,16). The summed E-state index contributed by atoms with van der Waals surface area (Å²) in [7, 11) is 0. The Morgan fingerprint density at radius 1 is 1.41 bits per heavy atom. The minimum Gasteiger partial charge on any atom is -0.481 e. The lowest BCUT2D eigenvalue weighted by Crippen LogP contribution is -2.25. The number of nitrogens with zero attached hydrogens (tertiary/aromatic N) is 2. The van der Waals surface area contributed by atoms with Crippen molar-refractivity contribution in [1.82, 2.24) is 9.55 Å². The largest absolute Gasteiger partial charge is 0.481 e. The second-order valence-electron chi connectivity index (χ2n) is 3.79. The van der Waals surface area contributed by atoms with Crippen molar-refractivity contribution in [1.29, 1.82) is 0 Å². The van der Waals surface area contributed by atoms with Gasteiger partial charge >= 0.3 is 5.97 Å². The van der Waals surface area contributed by atoms with Crippen molar-refractivity contribution >= 4 is 17.0 Å². The van der Waals surface area contributed by atoms with Crippen LogP contribution in [0.2, 0.25) is 0 Å². The van der Waals surface area contributed by atoms with E-state index in [-0.39, 0.29) is 18.5 Å². The fourth-order valence-corrected chi connectivity index (χ4v) is 1.75. The van der Waals surface area contributed by atoms with E-state index in [0.29, 0.717) is 16.7 Å². The first kappa shape index (κ1) is 11.3. The molecule has 1 aromatic carbocycles. The molecule has 5 nitrogen and oxygen atoms in total. The molecule has 5 heteroatoms. The molecule has 0 radical (unpaired) electrons. The zero-order valence-electron chi connectivity index (χ0n) is 9.38. The summed E-state index contributed by atoms with van der Waals surface area (Å²) in [4.78, 5) is 26.7. The average Bonchev–Trinajstić information content (AvgIpc) is 2.29. The third-order valence-corrected chi connectivity index (χ3v) is 2.56. The first-order chi connectivity index (χ1) is 8.09. The van der Waals surface area contributed by atoms with Gasteiger partial charge < -0.3 is 9.67 Å². The van der Waals surface area contributed by atoms with E-state index in [0.717, 1.165) is 0 Å². The van der Waals surface area contributed by atoms with Crippen molar-refractivity contribution in [3.63, 3.8) is 0 Å². The van der Waals surface area contributed by atoms with E-state index in [1.165, 1.54) is 4.57 Å². The third kappa shape index (κ3) is 2.18. The average molecular weight is 232 g/mol. The number of carboxylic acid groups (broad SMARTS) is 1. The molecule has 0 aliphatic carbocycles. The number of aliphatic carboxylic acids is 1. The van der Waals surface area contributed by atoms with Crippen molar-refractivity contribution in [2.75, 3.05) is 0 Å². The van der Waals surface area contributed by atoms with Crippen LogP contribution >= 0.6 is 0 Å². The van der Waals surface area contributed by atoms with E-state index in [2.05, 4.69) is 4.98 Å².